The highest BCUT2D eigenvalue weighted by atomic mass is 35.5. The molecule has 3 aromatic carbocycles. The van der Waals surface area contributed by atoms with Gasteiger partial charge in [0.25, 0.3) is 11.8 Å². The topological polar surface area (TPSA) is 52.7 Å². The summed E-state index contributed by atoms with van der Waals surface area (Å²) in [6.07, 6.45) is 1.70. The number of nitrogens with one attached hydrogen (secondary N) is 1. The van der Waals surface area contributed by atoms with E-state index in [-0.39, 0.29) is 27.7 Å². The molecule has 10 heteroatoms. The van der Waals surface area contributed by atoms with E-state index in [4.69, 9.17) is 11.6 Å². The Morgan fingerprint density at radius 3 is 2.42 bits per heavy atom. The third kappa shape index (κ3) is 7.04. The van der Waals surface area contributed by atoms with Crippen LogP contribution in [0.1, 0.15) is 81.1 Å². The first-order valence-electron chi connectivity index (χ1n) is 15.6. The van der Waals surface area contributed by atoms with Gasteiger partial charge in [-0.15, -0.1) is 0 Å². The van der Waals surface area contributed by atoms with Crippen molar-refractivity contribution >= 4 is 23.4 Å². The number of aryl methyl sites for hydroxylation is 2. The van der Waals surface area contributed by atoms with Crippen molar-refractivity contribution < 1.29 is 27.2 Å². The molecular formula is C35H36ClF4N3O2. The van der Waals surface area contributed by atoms with Crippen molar-refractivity contribution in [1.29, 1.82) is 0 Å². The number of nitrogens with zero attached hydrogens (tertiary/aromatic N) is 2. The molecule has 2 aliphatic heterocycles. The van der Waals surface area contributed by atoms with Gasteiger partial charge in [0.1, 0.15) is 5.82 Å². The van der Waals surface area contributed by atoms with E-state index in [0.717, 1.165) is 93.2 Å². The SMILES string of the molecule is O=C(NC1CCc2ccc(C(=O)N3CCC4(CCN(CCCc5ccc(F)cc5)CC4)C3)cc21)c1cc(C(F)(F)F)ccc1Cl. The fourth-order valence-corrected chi connectivity index (χ4v) is 7.31. The number of piperidine rings is 1. The Labute approximate surface area is 265 Å². The van der Waals surface area contributed by atoms with Crippen molar-refractivity contribution in [3.8, 4) is 0 Å². The van der Waals surface area contributed by atoms with Crippen LogP contribution in [0.4, 0.5) is 17.6 Å². The Morgan fingerprint density at radius 2 is 1.69 bits per heavy atom. The van der Waals surface area contributed by atoms with E-state index >= 15 is 0 Å². The summed E-state index contributed by atoms with van der Waals surface area (Å²) in [4.78, 5) is 31.1. The van der Waals surface area contributed by atoms with Gasteiger partial charge in [-0.3, -0.25) is 9.59 Å². The van der Waals surface area contributed by atoms with E-state index in [1.165, 1.54) is 12.1 Å². The molecule has 6 rings (SSSR count). The fraction of sp³-hybridized carbons (Fsp3) is 0.429. The molecule has 238 valence electrons. The van der Waals surface area contributed by atoms with Gasteiger partial charge in [-0.25, -0.2) is 4.39 Å². The highest BCUT2D eigenvalue weighted by molar-refractivity contribution is 6.33. The zero-order valence-corrected chi connectivity index (χ0v) is 25.7. The first kappa shape index (κ1) is 31.5. The monoisotopic (exact) mass is 641 g/mol. The average Bonchev–Trinajstić information content (AvgIpc) is 3.62. The Bertz CT molecular complexity index is 1570. The van der Waals surface area contributed by atoms with Crippen LogP contribution in [0.5, 0.6) is 0 Å². The Morgan fingerprint density at radius 1 is 0.956 bits per heavy atom. The molecule has 0 bridgehead atoms. The molecule has 3 aliphatic rings. The molecule has 2 fully saturated rings. The smallest absolute Gasteiger partial charge is 0.345 e. The quantitative estimate of drug-likeness (QED) is 0.272. The lowest BCUT2D eigenvalue weighted by molar-refractivity contribution is -0.137. The van der Waals surface area contributed by atoms with Crippen LogP contribution in [0.25, 0.3) is 0 Å². The Kier molecular flexibility index (Phi) is 8.94. The first-order chi connectivity index (χ1) is 21.5. The largest absolute Gasteiger partial charge is 0.416 e. The van der Waals surface area contributed by atoms with E-state index in [0.29, 0.717) is 24.9 Å². The molecule has 3 aromatic rings. The number of hydrogen-bond acceptors (Lipinski definition) is 3. The number of carbonyl (C=O) groups is 2. The second kappa shape index (κ2) is 12.8. The van der Waals surface area contributed by atoms with Crippen molar-refractivity contribution in [2.24, 2.45) is 5.41 Å². The highest BCUT2D eigenvalue weighted by Gasteiger charge is 2.42. The lowest BCUT2D eigenvalue weighted by atomic mass is 9.77. The summed E-state index contributed by atoms with van der Waals surface area (Å²) in [6, 6.07) is 14.6. The summed E-state index contributed by atoms with van der Waals surface area (Å²) in [7, 11) is 0. The maximum Gasteiger partial charge on any atom is 0.416 e. The van der Waals surface area contributed by atoms with Crippen molar-refractivity contribution in [2.45, 2.75) is 57.2 Å². The van der Waals surface area contributed by atoms with Crippen LogP contribution in [0.3, 0.4) is 0 Å². The molecule has 5 nitrogen and oxygen atoms in total. The van der Waals surface area contributed by atoms with Crippen LogP contribution >= 0.6 is 11.6 Å². The molecule has 1 spiro atoms. The van der Waals surface area contributed by atoms with Gasteiger partial charge in [-0.05, 0) is 129 Å². The zero-order valence-electron chi connectivity index (χ0n) is 24.9. The summed E-state index contributed by atoms with van der Waals surface area (Å²) in [5.74, 6) is -0.922. The number of alkyl halides is 3. The van der Waals surface area contributed by atoms with E-state index in [9.17, 15) is 27.2 Å². The summed E-state index contributed by atoms with van der Waals surface area (Å²) in [5.41, 5.74) is 2.50. The minimum atomic E-state index is -4.59. The summed E-state index contributed by atoms with van der Waals surface area (Å²) < 4.78 is 52.9. The van der Waals surface area contributed by atoms with Gasteiger partial charge >= 0.3 is 6.18 Å². The molecule has 45 heavy (non-hydrogen) atoms. The fourth-order valence-electron chi connectivity index (χ4n) is 7.10. The molecule has 2 saturated heterocycles. The zero-order chi connectivity index (χ0) is 31.8. The number of likely N-dealkylation sites (tertiary alicyclic amines) is 2. The van der Waals surface area contributed by atoms with Crippen LogP contribution in [0, 0.1) is 11.2 Å². The average molecular weight is 642 g/mol. The lowest BCUT2D eigenvalue weighted by Gasteiger charge is -2.39. The molecule has 2 amide bonds. The third-order valence-electron chi connectivity index (χ3n) is 9.81. The number of hydrogen-bond donors (Lipinski definition) is 1. The van der Waals surface area contributed by atoms with Gasteiger partial charge in [0.05, 0.1) is 22.2 Å². The van der Waals surface area contributed by atoms with Gasteiger partial charge in [0.15, 0.2) is 0 Å². The molecule has 1 unspecified atom stereocenters. The summed E-state index contributed by atoms with van der Waals surface area (Å²) in [5, 5.41) is 2.79. The van der Waals surface area contributed by atoms with Crippen molar-refractivity contribution in [2.75, 3.05) is 32.7 Å². The number of halogens is 5. The second-order valence-electron chi connectivity index (χ2n) is 12.7. The maximum absolute atomic E-state index is 13.6. The number of benzene rings is 3. The Balaban J connectivity index is 1.04. The normalized spacial score (nSPS) is 19.6. The number of rotatable bonds is 7. The lowest BCUT2D eigenvalue weighted by Crippen LogP contribution is -2.42. The summed E-state index contributed by atoms with van der Waals surface area (Å²) in [6.45, 7) is 4.43. The minimum absolute atomic E-state index is 0.0331. The van der Waals surface area contributed by atoms with Crippen molar-refractivity contribution in [3.05, 3.63) is 105 Å². The van der Waals surface area contributed by atoms with Crippen LogP contribution in [0.15, 0.2) is 60.7 Å². The van der Waals surface area contributed by atoms with Crippen LogP contribution in [-0.4, -0.2) is 54.3 Å². The Hall–Kier alpha value is -3.43. The standard InChI is InChI=1S/C35H36ClF4N3O2/c36-30-11-8-26(35(38,39)40)21-29(30)32(44)41-31-12-7-24-5-6-25(20-28(24)31)33(45)43-19-15-34(22-43)13-17-42(18-14-34)16-1-2-23-3-9-27(37)10-4-23/h3-6,8-11,20-21,31H,1-2,7,12-19,22H2,(H,41,44). The van der Waals surface area contributed by atoms with Crippen LogP contribution < -0.4 is 5.32 Å². The molecule has 0 aromatic heterocycles. The predicted molar refractivity (Wildman–Crippen MR) is 165 cm³/mol. The molecule has 0 saturated carbocycles. The van der Waals surface area contributed by atoms with Crippen LogP contribution in [-0.2, 0) is 19.0 Å². The highest BCUT2D eigenvalue weighted by Crippen LogP contribution is 2.41. The van der Waals surface area contributed by atoms with E-state index in [1.807, 2.05) is 35.2 Å². The van der Waals surface area contributed by atoms with Gasteiger partial charge in [0, 0.05) is 18.7 Å². The molecule has 1 atom stereocenters. The van der Waals surface area contributed by atoms with Gasteiger partial charge < -0.3 is 15.1 Å². The van der Waals surface area contributed by atoms with E-state index in [2.05, 4.69) is 10.2 Å². The summed E-state index contributed by atoms with van der Waals surface area (Å²) >= 11 is 6.09. The number of carbonyl (C=O) groups excluding carboxylic acids is 2. The van der Waals surface area contributed by atoms with Gasteiger partial charge in [-0.1, -0.05) is 29.8 Å². The first-order valence-corrected chi connectivity index (χ1v) is 15.9. The van der Waals surface area contributed by atoms with E-state index in [1.54, 1.807) is 0 Å². The molecule has 0 radical (unpaired) electrons. The number of amides is 2. The van der Waals surface area contributed by atoms with Crippen molar-refractivity contribution in [1.82, 2.24) is 15.1 Å². The third-order valence-corrected chi connectivity index (χ3v) is 10.1. The van der Waals surface area contributed by atoms with E-state index < -0.39 is 23.7 Å². The van der Waals surface area contributed by atoms with Crippen LogP contribution in [0.2, 0.25) is 5.02 Å². The predicted octanol–water partition coefficient (Wildman–Crippen LogP) is 7.48. The van der Waals surface area contributed by atoms with Gasteiger partial charge in [0.2, 0.25) is 0 Å². The molecule has 1 aliphatic carbocycles. The molecule has 1 N–H and O–H groups in total. The second-order valence-corrected chi connectivity index (χ2v) is 13.1. The van der Waals surface area contributed by atoms with Gasteiger partial charge in [-0.2, -0.15) is 13.2 Å². The molecule has 2 heterocycles. The van der Waals surface area contributed by atoms with Crippen molar-refractivity contribution in [3.63, 3.8) is 0 Å². The minimum Gasteiger partial charge on any atom is -0.345 e. The molecular weight excluding hydrogens is 606 g/mol. The maximum atomic E-state index is 13.6. The number of fused-ring (bicyclic) bond motifs is 1.